The summed E-state index contributed by atoms with van der Waals surface area (Å²) < 4.78 is 20.2. The molecule has 6 heteroatoms. The first-order valence-electron chi connectivity index (χ1n) is 9.44. The molecule has 4 aromatic rings. The van der Waals surface area contributed by atoms with Crippen LogP contribution in [0.4, 0.5) is 4.39 Å². The highest BCUT2D eigenvalue weighted by atomic mass is 79.9. The molecule has 0 saturated carbocycles. The van der Waals surface area contributed by atoms with Crippen molar-refractivity contribution in [1.29, 1.82) is 5.26 Å². The molecule has 4 rings (SSSR count). The number of nitrogens with one attached hydrogen (secondary N) is 1. The minimum absolute atomic E-state index is 0.268. The smallest absolute Gasteiger partial charge is 0.123 e. The van der Waals surface area contributed by atoms with E-state index in [0.717, 1.165) is 32.4 Å². The average Bonchev–Trinajstić information content (AvgIpc) is 2.79. The third-order valence-electron chi connectivity index (χ3n) is 4.78. The molecular weight excluding hydrogens is 475 g/mol. The molecular formula is C25H16BrFN2OS. The lowest BCUT2D eigenvalue weighted by molar-refractivity contribution is 0.306. The van der Waals surface area contributed by atoms with Crippen LogP contribution in [0.25, 0.3) is 22.4 Å². The number of halogens is 2. The van der Waals surface area contributed by atoms with Crippen LogP contribution in [0.1, 0.15) is 11.1 Å². The first kappa shape index (κ1) is 21.0. The Hall–Kier alpha value is -3.27. The van der Waals surface area contributed by atoms with Gasteiger partial charge in [0.1, 0.15) is 28.9 Å². The molecule has 0 spiro atoms. The number of aromatic nitrogens is 1. The van der Waals surface area contributed by atoms with E-state index in [1.54, 1.807) is 12.1 Å². The van der Waals surface area contributed by atoms with Crippen LogP contribution in [0.2, 0.25) is 0 Å². The van der Waals surface area contributed by atoms with Crippen LogP contribution < -0.4 is 4.74 Å². The maximum Gasteiger partial charge on any atom is 0.123 e. The number of nitrogens with zero attached hydrogens (tertiary/aromatic N) is 1. The fourth-order valence-corrected chi connectivity index (χ4v) is 3.69. The molecule has 1 aromatic heterocycles. The molecule has 1 N–H and O–H groups in total. The van der Waals surface area contributed by atoms with Crippen molar-refractivity contribution < 1.29 is 9.13 Å². The van der Waals surface area contributed by atoms with Gasteiger partial charge in [-0.2, -0.15) is 5.26 Å². The van der Waals surface area contributed by atoms with Gasteiger partial charge in [0.05, 0.1) is 5.56 Å². The third-order valence-corrected chi connectivity index (χ3v) is 5.62. The van der Waals surface area contributed by atoms with Crippen molar-refractivity contribution >= 4 is 28.1 Å². The minimum Gasteiger partial charge on any atom is -0.489 e. The van der Waals surface area contributed by atoms with Crippen molar-refractivity contribution in [2.75, 3.05) is 0 Å². The van der Waals surface area contributed by atoms with Gasteiger partial charge in [-0.25, -0.2) is 4.39 Å². The van der Waals surface area contributed by atoms with Crippen molar-refractivity contribution in [2.24, 2.45) is 0 Å². The maximum atomic E-state index is 13.0. The Labute approximate surface area is 192 Å². The summed E-state index contributed by atoms with van der Waals surface area (Å²) in [5.41, 5.74) is 4.77. The Morgan fingerprint density at radius 3 is 2.23 bits per heavy atom. The van der Waals surface area contributed by atoms with Crippen LogP contribution in [0, 0.1) is 21.8 Å². The van der Waals surface area contributed by atoms with Crippen molar-refractivity contribution in [3.63, 3.8) is 0 Å². The van der Waals surface area contributed by atoms with Gasteiger partial charge >= 0.3 is 0 Å². The zero-order valence-corrected chi connectivity index (χ0v) is 18.6. The molecule has 0 saturated heterocycles. The van der Waals surface area contributed by atoms with Crippen molar-refractivity contribution in [2.45, 2.75) is 6.61 Å². The van der Waals surface area contributed by atoms with E-state index < -0.39 is 0 Å². The molecule has 0 atom stereocenters. The van der Waals surface area contributed by atoms with Crippen LogP contribution in [0.15, 0.2) is 83.3 Å². The predicted molar refractivity (Wildman–Crippen MR) is 126 cm³/mol. The van der Waals surface area contributed by atoms with Crippen LogP contribution >= 0.6 is 28.1 Å². The largest absolute Gasteiger partial charge is 0.489 e. The summed E-state index contributed by atoms with van der Waals surface area (Å²) in [5.74, 6) is 0.434. The Kier molecular flexibility index (Phi) is 6.26. The van der Waals surface area contributed by atoms with Gasteiger partial charge < -0.3 is 9.72 Å². The summed E-state index contributed by atoms with van der Waals surface area (Å²) in [6.07, 6.45) is 0. The van der Waals surface area contributed by atoms with Gasteiger partial charge in [0.2, 0.25) is 0 Å². The van der Waals surface area contributed by atoms with E-state index in [1.165, 1.54) is 12.1 Å². The number of ether oxygens (including phenoxy) is 1. The lowest BCUT2D eigenvalue weighted by Crippen LogP contribution is -1.96. The molecule has 3 aromatic carbocycles. The average molecular weight is 491 g/mol. The summed E-state index contributed by atoms with van der Waals surface area (Å²) in [5, 5.41) is 9.60. The van der Waals surface area contributed by atoms with Gasteiger partial charge in [-0.1, -0.05) is 52.4 Å². The van der Waals surface area contributed by atoms with Gasteiger partial charge in [0, 0.05) is 15.7 Å². The monoisotopic (exact) mass is 490 g/mol. The second-order valence-electron chi connectivity index (χ2n) is 6.86. The van der Waals surface area contributed by atoms with Crippen LogP contribution in [-0.2, 0) is 6.61 Å². The molecule has 1 heterocycles. The first-order chi connectivity index (χ1) is 15.0. The molecule has 0 fully saturated rings. The number of benzene rings is 3. The van der Waals surface area contributed by atoms with E-state index in [4.69, 9.17) is 17.0 Å². The zero-order valence-electron chi connectivity index (χ0n) is 16.2. The number of nitriles is 1. The van der Waals surface area contributed by atoms with Gasteiger partial charge in [0.15, 0.2) is 0 Å². The van der Waals surface area contributed by atoms with Gasteiger partial charge in [-0.05, 0) is 71.3 Å². The first-order valence-corrected chi connectivity index (χ1v) is 10.6. The van der Waals surface area contributed by atoms with Crippen molar-refractivity contribution in [1.82, 2.24) is 4.98 Å². The highest BCUT2D eigenvalue weighted by molar-refractivity contribution is 9.10. The highest BCUT2D eigenvalue weighted by Gasteiger charge is 2.11. The molecule has 0 aliphatic carbocycles. The van der Waals surface area contributed by atoms with Crippen LogP contribution in [0.5, 0.6) is 5.75 Å². The minimum atomic E-state index is -0.268. The van der Waals surface area contributed by atoms with E-state index in [2.05, 4.69) is 27.0 Å². The molecule has 152 valence electrons. The number of aromatic amines is 1. The number of hydrogen-bond donors (Lipinski definition) is 1. The lowest BCUT2D eigenvalue weighted by Gasteiger charge is -2.11. The fraction of sp³-hybridized carbons (Fsp3) is 0.0400. The van der Waals surface area contributed by atoms with Crippen LogP contribution in [-0.4, -0.2) is 4.98 Å². The summed E-state index contributed by atoms with van der Waals surface area (Å²) >= 11 is 8.88. The molecule has 0 bridgehead atoms. The molecule has 0 amide bonds. The SMILES string of the molecule is N#Cc1c(-c2ccc(Br)cc2)cc(-c2ccc(OCc3ccc(F)cc3)cc2)[nH]c1=S. The second kappa shape index (κ2) is 9.25. The summed E-state index contributed by atoms with van der Waals surface area (Å²) in [6.45, 7) is 0.354. The van der Waals surface area contributed by atoms with E-state index in [-0.39, 0.29) is 5.82 Å². The predicted octanol–water partition coefficient (Wildman–Crippen LogP) is 7.43. The zero-order chi connectivity index (χ0) is 21.8. The van der Waals surface area contributed by atoms with Gasteiger partial charge in [-0.15, -0.1) is 0 Å². The Morgan fingerprint density at radius 1 is 0.935 bits per heavy atom. The topological polar surface area (TPSA) is 48.8 Å². The molecule has 0 aliphatic rings. The standard InChI is InChI=1S/C25H16BrFN2OS/c26-19-7-3-17(4-8-19)22-13-24(29-25(31)23(22)14-28)18-5-11-21(12-6-18)30-15-16-1-9-20(27)10-2-16/h1-13H,15H2,(H,29,31). The number of H-pyrrole nitrogens is 1. The van der Waals surface area contributed by atoms with E-state index in [1.807, 2.05) is 54.6 Å². The van der Waals surface area contributed by atoms with Crippen molar-refractivity contribution in [3.05, 3.63) is 105 Å². The number of hydrogen-bond acceptors (Lipinski definition) is 3. The Balaban J connectivity index is 1.60. The van der Waals surface area contributed by atoms with E-state index in [9.17, 15) is 9.65 Å². The summed E-state index contributed by atoms with van der Waals surface area (Å²) in [4.78, 5) is 3.15. The molecule has 0 radical (unpaired) electrons. The molecule has 3 nitrogen and oxygen atoms in total. The summed E-state index contributed by atoms with van der Waals surface area (Å²) in [6, 6.07) is 25.7. The molecule has 0 aliphatic heterocycles. The third kappa shape index (κ3) is 4.91. The Morgan fingerprint density at radius 2 is 1.58 bits per heavy atom. The fourth-order valence-electron chi connectivity index (χ4n) is 3.16. The molecule has 0 unspecified atom stereocenters. The van der Waals surface area contributed by atoms with Crippen LogP contribution in [0.3, 0.4) is 0 Å². The molecule has 31 heavy (non-hydrogen) atoms. The Bertz CT molecular complexity index is 1310. The quantitative estimate of drug-likeness (QED) is 0.296. The van der Waals surface area contributed by atoms with Gasteiger partial charge in [0.25, 0.3) is 0 Å². The number of rotatable bonds is 5. The van der Waals surface area contributed by atoms with Crippen molar-refractivity contribution in [3.8, 4) is 34.2 Å². The normalized spacial score (nSPS) is 10.5. The van der Waals surface area contributed by atoms with Gasteiger partial charge in [-0.3, -0.25) is 0 Å². The number of pyridine rings is 1. The van der Waals surface area contributed by atoms with E-state index >= 15 is 0 Å². The summed E-state index contributed by atoms with van der Waals surface area (Å²) in [7, 11) is 0. The second-order valence-corrected chi connectivity index (χ2v) is 8.18. The maximum absolute atomic E-state index is 13.0. The lowest BCUT2D eigenvalue weighted by atomic mass is 9.99. The highest BCUT2D eigenvalue weighted by Crippen LogP contribution is 2.30. The van der Waals surface area contributed by atoms with E-state index in [0.29, 0.717) is 22.6 Å².